The van der Waals surface area contributed by atoms with E-state index in [0.29, 0.717) is 13.2 Å². The first kappa shape index (κ1) is 16.3. The summed E-state index contributed by atoms with van der Waals surface area (Å²) in [5.74, 6) is 0. The van der Waals surface area contributed by atoms with E-state index in [9.17, 15) is 4.79 Å². The summed E-state index contributed by atoms with van der Waals surface area (Å²) < 4.78 is 11.2. The molecule has 0 spiro atoms. The first-order chi connectivity index (χ1) is 10.8. The molecule has 3 rings (SSSR count). The van der Waals surface area contributed by atoms with E-state index in [1.807, 2.05) is 49.9 Å². The monoisotopic (exact) mass is 335 g/mol. The molecule has 2 aliphatic rings. The summed E-state index contributed by atoms with van der Waals surface area (Å²) in [6, 6.07) is 7.70. The number of fused-ring (bicyclic) bond motifs is 2. The van der Waals surface area contributed by atoms with Crippen molar-refractivity contribution in [1.82, 2.24) is 4.90 Å². The first-order valence-electron chi connectivity index (χ1n) is 7.90. The van der Waals surface area contributed by atoms with E-state index in [-0.39, 0.29) is 18.2 Å². The lowest BCUT2D eigenvalue weighted by Crippen LogP contribution is -2.57. The number of halogens is 1. The largest absolute Gasteiger partial charge is 0.444 e. The van der Waals surface area contributed by atoms with E-state index in [1.54, 1.807) is 0 Å². The van der Waals surface area contributed by atoms with Gasteiger partial charge in [0.1, 0.15) is 5.60 Å². The van der Waals surface area contributed by atoms with Gasteiger partial charge in [0.25, 0.3) is 0 Å². The normalized spacial score (nSPS) is 24.2. The number of nitrogens with zero attached hydrogens (tertiary/aromatic N) is 1. The molecule has 0 radical (unpaired) electrons. The number of benzene rings is 1. The average Bonchev–Trinajstić information content (AvgIpc) is 2.44. The van der Waals surface area contributed by atoms with Crippen LogP contribution in [0.15, 0.2) is 30.3 Å². The van der Waals surface area contributed by atoms with Crippen molar-refractivity contribution in [3.05, 3.63) is 40.9 Å². The fraction of sp³-hybridized carbons (Fsp3) is 0.500. The summed E-state index contributed by atoms with van der Waals surface area (Å²) in [6.07, 6.45) is 2.53. The lowest BCUT2D eigenvalue weighted by Gasteiger charge is -2.44. The Labute approximate surface area is 142 Å². The highest BCUT2D eigenvalue weighted by molar-refractivity contribution is 6.32. The van der Waals surface area contributed by atoms with Gasteiger partial charge in [-0.2, -0.15) is 0 Å². The topological polar surface area (TPSA) is 38.8 Å². The van der Waals surface area contributed by atoms with Gasteiger partial charge in [0, 0.05) is 5.02 Å². The van der Waals surface area contributed by atoms with Crippen LogP contribution in [0.25, 0.3) is 5.57 Å². The molecule has 1 aromatic carbocycles. The van der Waals surface area contributed by atoms with Crippen molar-refractivity contribution < 1.29 is 14.3 Å². The number of ether oxygens (including phenoxy) is 2. The van der Waals surface area contributed by atoms with Crippen molar-refractivity contribution in [2.75, 3.05) is 13.2 Å². The third kappa shape index (κ3) is 3.54. The van der Waals surface area contributed by atoms with Gasteiger partial charge in [-0.15, -0.1) is 0 Å². The van der Waals surface area contributed by atoms with E-state index in [2.05, 4.69) is 6.08 Å². The van der Waals surface area contributed by atoms with E-state index >= 15 is 0 Å². The standard InChI is InChI=1S/C18H22ClNO3/c1-18(2,3)23-17(21)20-13-8-12(9-14(20)11-22-10-13)15-6-4-5-7-16(15)19/h4-8,13-14H,9-11H2,1-3H3. The molecule has 2 atom stereocenters. The fourth-order valence-corrected chi connectivity index (χ4v) is 3.37. The highest BCUT2D eigenvalue weighted by Crippen LogP contribution is 2.35. The van der Waals surface area contributed by atoms with Gasteiger partial charge in [-0.3, -0.25) is 4.90 Å². The van der Waals surface area contributed by atoms with Crippen LogP contribution in [0.1, 0.15) is 32.8 Å². The predicted octanol–water partition coefficient (Wildman–Crippen LogP) is 4.13. The lowest BCUT2D eigenvalue weighted by atomic mass is 9.90. The average molecular weight is 336 g/mol. The Morgan fingerprint density at radius 1 is 1.30 bits per heavy atom. The second-order valence-corrected chi connectivity index (χ2v) is 7.43. The number of amides is 1. The smallest absolute Gasteiger partial charge is 0.411 e. The minimum Gasteiger partial charge on any atom is -0.444 e. The highest BCUT2D eigenvalue weighted by Gasteiger charge is 2.40. The minimum absolute atomic E-state index is 0.0140. The molecule has 0 N–H and O–H groups in total. The Morgan fingerprint density at radius 3 is 2.70 bits per heavy atom. The summed E-state index contributed by atoms with van der Waals surface area (Å²) in [7, 11) is 0. The van der Waals surface area contributed by atoms with E-state index in [1.165, 1.54) is 5.57 Å². The second kappa shape index (κ2) is 6.17. The Balaban J connectivity index is 1.88. The Kier molecular flexibility index (Phi) is 4.39. The van der Waals surface area contributed by atoms with Crippen LogP contribution in [0, 0.1) is 0 Å². The number of carbonyl (C=O) groups is 1. The summed E-state index contributed by atoms with van der Waals surface area (Å²) in [5.41, 5.74) is 1.71. The third-order valence-corrected chi connectivity index (χ3v) is 4.35. The van der Waals surface area contributed by atoms with Crippen molar-refractivity contribution in [3.8, 4) is 0 Å². The van der Waals surface area contributed by atoms with Crippen LogP contribution in [0.3, 0.4) is 0 Å². The minimum atomic E-state index is -0.501. The van der Waals surface area contributed by atoms with Gasteiger partial charge in [0.15, 0.2) is 0 Å². The van der Waals surface area contributed by atoms with Crippen molar-refractivity contribution in [1.29, 1.82) is 0 Å². The number of hydrogen-bond acceptors (Lipinski definition) is 3. The van der Waals surface area contributed by atoms with Crippen LogP contribution in [0.4, 0.5) is 4.79 Å². The molecule has 0 aliphatic carbocycles. The van der Waals surface area contributed by atoms with Crippen LogP contribution in [-0.4, -0.2) is 41.9 Å². The fourth-order valence-electron chi connectivity index (χ4n) is 3.12. The quantitative estimate of drug-likeness (QED) is 0.774. The van der Waals surface area contributed by atoms with E-state index < -0.39 is 5.60 Å². The molecule has 2 bridgehead atoms. The van der Waals surface area contributed by atoms with E-state index in [0.717, 1.165) is 17.0 Å². The maximum atomic E-state index is 12.5. The summed E-state index contributed by atoms with van der Waals surface area (Å²) in [6.45, 7) is 6.66. The Morgan fingerprint density at radius 2 is 2.04 bits per heavy atom. The molecule has 0 saturated carbocycles. The number of rotatable bonds is 1. The van der Waals surface area contributed by atoms with Gasteiger partial charge < -0.3 is 9.47 Å². The molecule has 2 aliphatic heterocycles. The zero-order valence-corrected chi connectivity index (χ0v) is 14.5. The molecule has 1 fully saturated rings. The molecule has 0 aromatic heterocycles. The van der Waals surface area contributed by atoms with Crippen molar-refractivity contribution >= 4 is 23.3 Å². The van der Waals surface area contributed by atoms with Crippen molar-refractivity contribution in [2.24, 2.45) is 0 Å². The molecule has 2 unspecified atom stereocenters. The van der Waals surface area contributed by atoms with E-state index in [4.69, 9.17) is 21.1 Å². The summed E-state index contributed by atoms with van der Waals surface area (Å²) in [5, 5.41) is 0.739. The zero-order chi connectivity index (χ0) is 16.6. The van der Waals surface area contributed by atoms with Gasteiger partial charge in [-0.05, 0) is 44.4 Å². The molecule has 23 heavy (non-hydrogen) atoms. The Bertz CT molecular complexity index is 635. The number of carbonyl (C=O) groups excluding carboxylic acids is 1. The maximum Gasteiger partial charge on any atom is 0.411 e. The van der Waals surface area contributed by atoms with Crippen LogP contribution in [-0.2, 0) is 9.47 Å². The highest BCUT2D eigenvalue weighted by atomic mass is 35.5. The van der Waals surface area contributed by atoms with Crippen LogP contribution in [0.2, 0.25) is 5.02 Å². The molecule has 1 saturated heterocycles. The van der Waals surface area contributed by atoms with Gasteiger partial charge in [0.05, 0.1) is 25.3 Å². The SMILES string of the molecule is CC(C)(C)OC(=O)N1C2C=C(c3ccccc3Cl)CC1COC2. The molecule has 5 heteroatoms. The first-order valence-corrected chi connectivity index (χ1v) is 8.27. The molecule has 124 valence electrons. The van der Waals surface area contributed by atoms with Crippen LogP contribution < -0.4 is 0 Å². The summed E-state index contributed by atoms with van der Waals surface area (Å²) in [4.78, 5) is 14.3. The summed E-state index contributed by atoms with van der Waals surface area (Å²) >= 11 is 6.32. The molecule has 1 aromatic rings. The molecular weight excluding hydrogens is 314 g/mol. The number of hydrogen-bond donors (Lipinski definition) is 0. The molecule has 2 heterocycles. The predicted molar refractivity (Wildman–Crippen MR) is 90.5 cm³/mol. The Hall–Kier alpha value is -1.52. The van der Waals surface area contributed by atoms with Gasteiger partial charge in [-0.25, -0.2) is 4.79 Å². The van der Waals surface area contributed by atoms with Crippen molar-refractivity contribution in [3.63, 3.8) is 0 Å². The van der Waals surface area contributed by atoms with Gasteiger partial charge in [-0.1, -0.05) is 35.9 Å². The second-order valence-electron chi connectivity index (χ2n) is 7.02. The van der Waals surface area contributed by atoms with Crippen LogP contribution >= 0.6 is 11.6 Å². The van der Waals surface area contributed by atoms with Gasteiger partial charge >= 0.3 is 6.09 Å². The van der Waals surface area contributed by atoms with Gasteiger partial charge in [0.2, 0.25) is 0 Å². The maximum absolute atomic E-state index is 12.5. The molecule has 4 nitrogen and oxygen atoms in total. The molecular formula is C18H22ClNO3. The lowest BCUT2D eigenvalue weighted by molar-refractivity contribution is -0.0510. The molecule has 1 amide bonds. The van der Waals surface area contributed by atoms with Crippen LogP contribution in [0.5, 0.6) is 0 Å². The number of morpholine rings is 1. The zero-order valence-electron chi connectivity index (χ0n) is 13.7. The van der Waals surface area contributed by atoms with Crippen molar-refractivity contribution in [2.45, 2.75) is 44.9 Å². The third-order valence-electron chi connectivity index (χ3n) is 4.02.